The number of aryl methyl sites for hydroxylation is 1. The molecule has 0 aliphatic rings. The lowest BCUT2D eigenvalue weighted by atomic mass is 10.2. The lowest BCUT2D eigenvalue weighted by Crippen LogP contribution is -2.31. The number of hydrogen-bond donors (Lipinski definition) is 1. The molecule has 6 heteroatoms. The van der Waals surface area contributed by atoms with Crippen molar-refractivity contribution in [2.45, 2.75) is 20.8 Å². The van der Waals surface area contributed by atoms with E-state index in [1.54, 1.807) is 36.3 Å². The number of pyridine rings is 1. The van der Waals surface area contributed by atoms with Gasteiger partial charge in [-0.3, -0.25) is 9.59 Å². The van der Waals surface area contributed by atoms with Gasteiger partial charge in [-0.05, 0) is 50.6 Å². The number of benzene rings is 1. The molecule has 2 rings (SSSR count). The third-order valence-corrected chi connectivity index (χ3v) is 3.85. The van der Waals surface area contributed by atoms with Crippen LogP contribution in [0.1, 0.15) is 40.4 Å². The van der Waals surface area contributed by atoms with Crippen molar-refractivity contribution >= 4 is 17.5 Å². The monoisotopic (exact) mass is 341 g/mol. The lowest BCUT2D eigenvalue weighted by molar-refractivity contribution is 0.0767. The van der Waals surface area contributed by atoms with Crippen LogP contribution in [0, 0.1) is 6.92 Å². The molecule has 0 bridgehead atoms. The summed E-state index contributed by atoms with van der Waals surface area (Å²) in [5.41, 5.74) is 2.00. The second-order valence-corrected chi connectivity index (χ2v) is 5.54. The standard InChI is InChI=1S/C19H23N3O3/c1-5-22(6-2)19(24)15-9-7-8-14(20-15)18(23)21-16-12-13(3)10-11-17(16)25-4/h7-12H,5-6H2,1-4H3,(H,21,23). The molecule has 6 nitrogen and oxygen atoms in total. The average molecular weight is 341 g/mol. The Balaban J connectivity index is 2.25. The first-order valence-electron chi connectivity index (χ1n) is 8.22. The molecule has 0 spiro atoms. The Morgan fingerprint density at radius 2 is 1.80 bits per heavy atom. The van der Waals surface area contributed by atoms with Crippen molar-refractivity contribution in [1.29, 1.82) is 0 Å². The highest BCUT2D eigenvalue weighted by Crippen LogP contribution is 2.25. The maximum Gasteiger partial charge on any atom is 0.274 e. The van der Waals surface area contributed by atoms with E-state index in [4.69, 9.17) is 4.74 Å². The maximum absolute atomic E-state index is 12.5. The van der Waals surface area contributed by atoms with Crippen molar-refractivity contribution in [2.24, 2.45) is 0 Å². The van der Waals surface area contributed by atoms with Gasteiger partial charge in [0, 0.05) is 13.1 Å². The highest BCUT2D eigenvalue weighted by atomic mass is 16.5. The minimum absolute atomic E-state index is 0.182. The SMILES string of the molecule is CCN(CC)C(=O)c1cccc(C(=O)Nc2cc(C)ccc2OC)n1. The molecule has 1 N–H and O–H groups in total. The van der Waals surface area contributed by atoms with E-state index in [1.807, 2.05) is 32.9 Å². The second kappa shape index (κ2) is 8.28. The van der Waals surface area contributed by atoms with Gasteiger partial charge < -0.3 is 15.0 Å². The number of rotatable bonds is 6. The molecular formula is C19H23N3O3. The number of amides is 2. The molecule has 1 heterocycles. The van der Waals surface area contributed by atoms with E-state index in [0.29, 0.717) is 24.5 Å². The van der Waals surface area contributed by atoms with Gasteiger partial charge >= 0.3 is 0 Å². The van der Waals surface area contributed by atoms with Crippen LogP contribution in [-0.4, -0.2) is 41.9 Å². The normalized spacial score (nSPS) is 10.2. The number of ether oxygens (including phenoxy) is 1. The Morgan fingerprint density at radius 1 is 1.12 bits per heavy atom. The second-order valence-electron chi connectivity index (χ2n) is 5.54. The molecule has 0 fully saturated rings. The highest BCUT2D eigenvalue weighted by molar-refractivity contribution is 6.04. The molecule has 0 radical (unpaired) electrons. The molecule has 25 heavy (non-hydrogen) atoms. The van der Waals surface area contributed by atoms with Crippen LogP contribution in [0.5, 0.6) is 5.75 Å². The molecule has 0 unspecified atom stereocenters. The predicted molar refractivity (Wildman–Crippen MR) is 97.2 cm³/mol. The van der Waals surface area contributed by atoms with E-state index in [-0.39, 0.29) is 17.3 Å². The lowest BCUT2D eigenvalue weighted by Gasteiger charge is -2.18. The van der Waals surface area contributed by atoms with E-state index in [9.17, 15) is 9.59 Å². The topological polar surface area (TPSA) is 71.5 Å². The summed E-state index contributed by atoms with van der Waals surface area (Å²) in [4.78, 5) is 30.8. The zero-order valence-corrected chi connectivity index (χ0v) is 15.0. The summed E-state index contributed by atoms with van der Waals surface area (Å²) in [5.74, 6) is -0.0137. The van der Waals surface area contributed by atoms with Gasteiger partial charge in [0.15, 0.2) is 0 Å². The van der Waals surface area contributed by atoms with E-state index >= 15 is 0 Å². The third-order valence-electron chi connectivity index (χ3n) is 3.85. The molecule has 0 saturated carbocycles. The number of nitrogens with one attached hydrogen (secondary N) is 1. The highest BCUT2D eigenvalue weighted by Gasteiger charge is 2.17. The van der Waals surface area contributed by atoms with Gasteiger partial charge in [0.1, 0.15) is 17.1 Å². The van der Waals surface area contributed by atoms with Crippen LogP contribution in [0.3, 0.4) is 0 Å². The number of anilines is 1. The summed E-state index contributed by atoms with van der Waals surface area (Å²) < 4.78 is 5.26. The third kappa shape index (κ3) is 4.35. The Bertz CT molecular complexity index is 770. The molecule has 1 aromatic carbocycles. The quantitative estimate of drug-likeness (QED) is 0.876. The first kappa shape index (κ1) is 18.4. The van der Waals surface area contributed by atoms with Crippen LogP contribution < -0.4 is 10.1 Å². The Hall–Kier alpha value is -2.89. The van der Waals surface area contributed by atoms with Gasteiger partial charge in [0.2, 0.25) is 0 Å². The van der Waals surface area contributed by atoms with Crippen molar-refractivity contribution in [1.82, 2.24) is 9.88 Å². The van der Waals surface area contributed by atoms with Crippen molar-refractivity contribution in [2.75, 3.05) is 25.5 Å². The summed E-state index contributed by atoms with van der Waals surface area (Å²) in [6, 6.07) is 10.4. The molecule has 2 amide bonds. The number of carbonyl (C=O) groups is 2. The number of aromatic nitrogens is 1. The summed E-state index contributed by atoms with van der Waals surface area (Å²) in [6.07, 6.45) is 0. The Labute approximate surface area is 147 Å². The van der Waals surface area contributed by atoms with Crippen LogP contribution in [0.15, 0.2) is 36.4 Å². The number of methoxy groups -OCH3 is 1. The van der Waals surface area contributed by atoms with E-state index in [0.717, 1.165) is 5.56 Å². The summed E-state index contributed by atoms with van der Waals surface area (Å²) in [7, 11) is 1.54. The summed E-state index contributed by atoms with van der Waals surface area (Å²) in [5, 5.41) is 2.79. The molecule has 0 saturated heterocycles. The summed E-state index contributed by atoms with van der Waals surface area (Å²) >= 11 is 0. The number of carbonyl (C=O) groups excluding carboxylic acids is 2. The van der Waals surface area contributed by atoms with Crippen molar-refractivity contribution in [3.63, 3.8) is 0 Å². The van der Waals surface area contributed by atoms with Crippen LogP contribution in [-0.2, 0) is 0 Å². The molecule has 132 valence electrons. The molecule has 1 aromatic heterocycles. The first-order chi connectivity index (χ1) is 12.0. The van der Waals surface area contributed by atoms with Crippen LogP contribution in [0.2, 0.25) is 0 Å². The zero-order valence-electron chi connectivity index (χ0n) is 15.0. The van der Waals surface area contributed by atoms with E-state index in [1.165, 1.54) is 0 Å². The smallest absolute Gasteiger partial charge is 0.274 e. The Morgan fingerprint density at radius 3 is 2.44 bits per heavy atom. The largest absolute Gasteiger partial charge is 0.495 e. The van der Waals surface area contributed by atoms with Crippen molar-refractivity contribution < 1.29 is 14.3 Å². The Kier molecular flexibility index (Phi) is 6.11. The molecule has 0 aliphatic carbocycles. The summed E-state index contributed by atoms with van der Waals surface area (Å²) in [6.45, 7) is 6.92. The minimum atomic E-state index is -0.391. The van der Waals surface area contributed by atoms with Gasteiger partial charge in [-0.1, -0.05) is 12.1 Å². The van der Waals surface area contributed by atoms with Gasteiger partial charge in [-0.25, -0.2) is 4.98 Å². The first-order valence-corrected chi connectivity index (χ1v) is 8.22. The van der Waals surface area contributed by atoms with Crippen LogP contribution >= 0.6 is 0 Å². The van der Waals surface area contributed by atoms with E-state index in [2.05, 4.69) is 10.3 Å². The molecule has 2 aromatic rings. The van der Waals surface area contributed by atoms with Crippen molar-refractivity contribution in [3.8, 4) is 5.75 Å². The van der Waals surface area contributed by atoms with Gasteiger partial charge in [0.25, 0.3) is 11.8 Å². The van der Waals surface area contributed by atoms with Gasteiger partial charge in [-0.2, -0.15) is 0 Å². The van der Waals surface area contributed by atoms with Crippen LogP contribution in [0.25, 0.3) is 0 Å². The van der Waals surface area contributed by atoms with Gasteiger partial charge in [-0.15, -0.1) is 0 Å². The fourth-order valence-electron chi connectivity index (χ4n) is 2.46. The van der Waals surface area contributed by atoms with Gasteiger partial charge in [0.05, 0.1) is 12.8 Å². The van der Waals surface area contributed by atoms with Crippen molar-refractivity contribution in [3.05, 3.63) is 53.3 Å². The number of hydrogen-bond acceptors (Lipinski definition) is 4. The van der Waals surface area contributed by atoms with E-state index < -0.39 is 5.91 Å². The molecular weight excluding hydrogens is 318 g/mol. The van der Waals surface area contributed by atoms with Crippen LogP contribution in [0.4, 0.5) is 5.69 Å². The number of nitrogens with zero attached hydrogens (tertiary/aromatic N) is 2. The maximum atomic E-state index is 12.5. The average Bonchev–Trinajstić information content (AvgIpc) is 2.63. The molecule has 0 atom stereocenters. The fourth-order valence-corrected chi connectivity index (χ4v) is 2.46. The minimum Gasteiger partial charge on any atom is -0.495 e. The predicted octanol–water partition coefficient (Wildman–Crippen LogP) is 3.13. The molecule has 0 aliphatic heterocycles. The fraction of sp³-hybridized carbons (Fsp3) is 0.316. The zero-order chi connectivity index (χ0) is 18.4.